The molecule has 0 saturated carbocycles. The van der Waals surface area contributed by atoms with Gasteiger partial charge in [-0.2, -0.15) is 0 Å². The standard InChI is InChI=1S/C67H127N2O6P/c1-6-8-10-12-14-16-18-20-22-24-26-28-30-31-32-33-34-35-36-37-39-41-43-45-47-49-51-53-55-57-59-61-67(71)68-65(64-75-76(72,73)74-63-62-69(3,4)5)66(70)60-58-56-54-52-50-48-46-44-42-40-38-29-27-25-23-21-19-17-15-13-11-9-7-2/h18,20,24,26,42,44,50,52,58,60,65-66,70H,6-17,19,21-23,25,27-41,43,45-49,51,53-57,59,61-64H2,1-5H3,(H-,68,71,72,73)/b20-18-,26-24-,44-42+,52-50+,60-58+. The maximum absolute atomic E-state index is 13.0. The van der Waals surface area contributed by atoms with Crippen molar-refractivity contribution in [3.8, 4) is 0 Å². The number of hydrogen-bond donors (Lipinski definition) is 2. The number of hydrogen-bond acceptors (Lipinski definition) is 6. The summed E-state index contributed by atoms with van der Waals surface area (Å²) in [4.78, 5) is 25.6. The Morgan fingerprint density at radius 2 is 0.776 bits per heavy atom. The third-order valence-corrected chi connectivity index (χ3v) is 15.6. The van der Waals surface area contributed by atoms with Crippen LogP contribution in [0.2, 0.25) is 0 Å². The van der Waals surface area contributed by atoms with Gasteiger partial charge in [-0.15, -0.1) is 0 Å². The van der Waals surface area contributed by atoms with Crippen LogP contribution in [-0.2, 0) is 18.4 Å². The number of carbonyl (C=O) groups excluding carboxylic acids is 1. The SMILES string of the molecule is CCCCCCC/C=C\C/C=C\CCCCCCCCCCCCCCCCCCCCCC(=O)NC(COP(=O)([O-])OCC[N+](C)(C)C)C(O)/C=C/CC/C=C/CC/C=C/CCCCCCCCCCCCCCC. The Kier molecular flexibility index (Phi) is 56.5. The lowest BCUT2D eigenvalue weighted by Crippen LogP contribution is -2.45. The first-order valence-electron chi connectivity index (χ1n) is 32.7. The third-order valence-electron chi connectivity index (χ3n) is 14.7. The number of quaternary nitrogens is 1. The molecule has 0 radical (unpaired) electrons. The summed E-state index contributed by atoms with van der Waals surface area (Å²) in [5.74, 6) is -0.207. The number of allylic oxidation sites excluding steroid dienone is 9. The average molecular weight is 1090 g/mol. The van der Waals surface area contributed by atoms with Gasteiger partial charge in [0, 0.05) is 6.42 Å². The molecule has 3 unspecified atom stereocenters. The normalized spacial score (nSPS) is 14.1. The number of nitrogens with one attached hydrogen (secondary N) is 1. The summed E-state index contributed by atoms with van der Waals surface area (Å²) in [5.41, 5.74) is 0. The number of likely N-dealkylation sites (N-methyl/N-ethyl adjacent to an activating group) is 1. The molecule has 8 nitrogen and oxygen atoms in total. The van der Waals surface area contributed by atoms with Gasteiger partial charge in [-0.3, -0.25) is 9.36 Å². The third kappa shape index (κ3) is 59.9. The summed E-state index contributed by atoms with van der Waals surface area (Å²) in [5, 5.41) is 13.9. The summed E-state index contributed by atoms with van der Waals surface area (Å²) < 4.78 is 23.4. The van der Waals surface area contributed by atoms with Crippen LogP contribution in [0.25, 0.3) is 0 Å². The fourth-order valence-electron chi connectivity index (χ4n) is 9.57. The molecule has 2 N–H and O–H groups in total. The highest BCUT2D eigenvalue weighted by molar-refractivity contribution is 7.45. The van der Waals surface area contributed by atoms with E-state index in [1.54, 1.807) is 6.08 Å². The number of nitrogens with zero attached hydrogens (tertiary/aromatic N) is 1. The number of phosphoric ester groups is 1. The van der Waals surface area contributed by atoms with E-state index in [-0.39, 0.29) is 12.5 Å². The molecule has 0 aromatic rings. The number of rotatable bonds is 60. The summed E-state index contributed by atoms with van der Waals surface area (Å²) >= 11 is 0. The molecule has 3 atom stereocenters. The molecule has 9 heteroatoms. The molecule has 0 aromatic carbocycles. The Labute approximate surface area is 472 Å². The first-order chi connectivity index (χ1) is 37.0. The van der Waals surface area contributed by atoms with E-state index < -0.39 is 26.6 Å². The lowest BCUT2D eigenvalue weighted by atomic mass is 10.0. The second-order valence-corrected chi connectivity index (χ2v) is 24.9. The van der Waals surface area contributed by atoms with Crippen LogP contribution in [0.15, 0.2) is 60.8 Å². The largest absolute Gasteiger partial charge is 0.756 e. The molecule has 0 aliphatic rings. The highest BCUT2D eigenvalue weighted by Gasteiger charge is 2.23. The van der Waals surface area contributed by atoms with Crippen molar-refractivity contribution in [2.45, 2.75) is 321 Å². The molecule has 0 rings (SSSR count). The number of amides is 1. The van der Waals surface area contributed by atoms with Crippen LogP contribution < -0.4 is 10.2 Å². The molecular weight excluding hydrogens is 960 g/mol. The van der Waals surface area contributed by atoms with Gasteiger partial charge in [0.15, 0.2) is 0 Å². The summed E-state index contributed by atoms with van der Waals surface area (Å²) in [7, 11) is 1.24. The Balaban J connectivity index is 4.14. The van der Waals surface area contributed by atoms with Gasteiger partial charge in [0.2, 0.25) is 5.91 Å². The minimum atomic E-state index is -4.61. The smallest absolute Gasteiger partial charge is 0.268 e. The first-order valence-corrected chi connectivity index (χ1v) is 34.1. The van der Waals surface area contributed by atoms with Crippen molar-refractivity contribution in [2.75, 3.05) is 40.9 Å². The minimum absolute atomic E-state index is 0.00914. The number of aliphatic hydroxyl groups excluding tert-OH is 1. The van der Waals surface area contributed by atoms with Crippen molar-refractivity contribution < 1.29 is 32.9 Å². The number of carbonyl (C=O) groups is 1. The highest BCUT2D eigenvalue weighted by Crippen LogP contribution is 2.38. The van der Waals surface area contributed by atoms with Gasteiger partial charge < -0.3 is 28.8 Å². The van der Waals surface area contributed by atoms with E-state index in [2.05, 4.69) is 67.8 Å². The Bertz CT molecular complexity index is 1420. The van der Waals surface area contributed by atoms with Crippen molar-refractivity contribution in [3.63, 3.8) is 0 Å². The number of aliphatic hydroxyl groups is 1. The molecule has 0 saturated heterocycles. The van der Waals surface area contributed by atoms with E-state index in [0.717, 1.165) is 51.4 Å². The van der Waals surface area contributed by atoms with E-state index >= 15 is 0 Å². The van der Waals surface area contributed by atoms with Gasteiger partial charge in [-0.1, -0.05) is 286 Å². The zero-order chi connectivity index (χ0) is 55.6. The molecule has 0 aromatic heterocycles. The summed E-state index contributed by atoms with van der Waals surface area (Å²) in [6, 6.07) is -0.912. The van der Waals surface area contributed by atoms with Gasteiger partial charge in [0.1, 0.15) is 13.2 Å². The van der Waals surface area contributed by atoms with E-state index in [9.17, 15) is 19.4 Å². The van der Waals surface area contributed by atoms with Crippen molar-refractivity contribution in [1.29, 1.82) is 0 Å². The Hall–Kier alpha value is -1.80. The molecule has 1 amide bonds. The lowest BCUT2D eigenvalue weighted by molar-refractivity contribution is -0.870. The number of unbranched alkanes of at least 4 members (excludes halogenated alkanes) is 39. The van der Waals surface area contributed by atoms with Crippen LogP contribution in [0.1, 0.15) is 309 Å². The molecule has 76 heavy (non-hydrogen) atoms. The maximum Gasteiger partial charge on any atom is 0.268 e. The van der Waals surface area contributed by atoms with Crippen molar-refractivity contribution in [3.05, 3.63) is 60.8 Å². The molecule has 0 bridgehead atoms. The van der Waals surface area contributed by atoms with E-state index in [0.29, 0.717) is 17.4 Å². The van der Waals surface area contributed by atoms with Crippen LogP contribution in [0.4, 0.5) is 0 Å². The predicted octanol–water partition coefficient (Wildman–Crippen LogP) is 19.8. The van der Waals surface area contributed by atoms with Crippen LogP contribution in [0.5, 0.6) is 0 Å². The van der Waals surface area contributed by atoms with Crippen LogP contribution in [0, 0.1) is 0 Å². The zero-order valence-corrected chi connectivity index (χ0v) is 51.9. The fourth-order valence-corrected chi connectivity index (χ4v) is 10.3. The Morgan fingerprint density at radius 3 is 1.14 bits per heavy atom. The summed E-state index contributed by atoms with van der Waals surface area (Å²) in [6.07, 6.45) is 79.0. The van der Waals surface area contributed by atoms with E-state index in [4.69, 9.17) is 9.05 Å². The van der Waals surface area contributed by atoms with Gasteiger partial charge >= 0.3 is 0 Å². The molecule has 0 fully saturated rings. The predicted molar refractivity (Wildman–Crippen MR) is 330 cm³/mol. The first kappa shape index (κ1) is 74.2. The maximum atomic E-state index is 13.0. The molecule has 446 valence electrons. The topological polar surface area (TPSA) is 108 Å². The van der Waals surface area contributed by atoms with Gasteiger partial charge in [0.05, 0.1) is 39.9 Å². The fraction of sp³-hybridized carbons (Fsp3) is 0.836. The monoisotopic (exact) mass is 1090 g/mol. The molecule has 0 spiro atoms. The lowest BCUT2D eigenvalue weighted by Gasteiger charge is -2.29. The zero-order valence-electron chi connectivity index (χ0n) is 51.0. The van der Waals surface area contributed by atoms with Crippen LogP contribution in [0.3, 0.4) is 0 Å². The van der Waals surface area contributed by atoms with Crippen molar-refractivity contribution in [2.24, 2.45) is 0 Å². The molecular formula is C67H127N2O6P. The molecule has 0 aliphatic heterocycles. The van der Waals surface area contributed by atoms with E-state index in [1.165, 1.54) is 238 Å². The summed E-state index contributed by atoms with van der Waals surface area (Å²) in [6.45, 7) is 4.64. The second kappa shape index (κ2) is 57.9. The van der Waals surface area contributed by atoms with Gasteiger partial charge in [0.25, 0.3) is 7.82 Å². The van der Waals surface area contributed by atoms with E-state index in [1.807, 2.05) is 27.2 Å². The second-order valence-electron chi connectivity index (χ2n) is 23.4. The molecule has 0 heterocycles. The quantitative estimate of drug-likeness (QED) is 0.0272. The van der Waals surface area contributed by atoms with Crippen LogP contribution in [-0.4, -0.2) is 68.5 Å². The average Bonchev–Trinajstić information content (AvgIpc) is 3.38. The highest BCUT2D eigenvalue weighted by atomic mass is 31.2. The van der Waals surface area contributed by atoms with Gasteiger partial charge in [-0.25, -0.2) is 0 Å². The van der Waals surface area contributed by atoms with Crippen molar-refractivity contribution >= 4 is 13.7 Å². The Morgan fingerprint density at radius 1 is 0.461 bits per heavy atom. The minimum Gasteiger partial charge on any atom is -0.756 e. The number of phosphoric acid groups is 1. The van der Waals surface area contributed by atoms with Crippen molar-refractivity contribution in [1.82, 2.24) is 5.32 Å². The molecule has 0 aliphatic carbocycles. The van der Waals surface area contributed by atoms with Gasteiger partial charge in [-0.05, 0) is 77.0 Å². The van der Waals surface area contributed by atoms with Crippen LogP contribution >= 0.6 is 7.82 Å².